The molecular formula is C15H17ClNO2+. The van der Waals surface area contributed by atoms with Crippen molar-refractivity contribution in [3.05, 3.63) is 53.8 Å². The largest absolute Gasteiger partial charge is 0.495 e. The molecule has 100 valence electrons. The minimum absolute atomic E-state index is 0.580. The van der Waals surface area contributed by atoms with Crippen molar-refractivity contribution in [3.8, 4) is 17.1 Å². The van der Waals surface area contributed by atoms with E-state index in [9.17, 15) is 0 Å². The highest BCUT2D eigenvalue weighted by Gasteiger charge is 2.08. The van der Waals surface area contributed by atoms with Gasteiger partial charge in [0, 0.05) is 5.56 Å². The van der Waals surface area contributed by atoms with E-state index in [4.69, 9.17) is 20.8 Å². The molecule has 1 aromatic heterocycles. The molecule has 3 nitrogen and oxygen atoms in total. The number of nitrogens with two attached hydrogens (primary N) is 1. The number of halogens is 1. The van der Waals surface area contributed by atoms with Crippen LogP contribution in [0.5, 0.6) is 5.75 Å². The van der Waals surface area contributed by atoms with E-state index in [0.29, 0.717) is 10.8 Å². The molecule has 0 unspecified atom stereocenters. The van der Waals surface area contributed by atoms with Crippen molar-refractivity contribution in [3.63, 3.8) is 0 Å². The molecule has 0 bridgehead atoms. The molecule has 2 rings (SSSR count). The fourth-order valence-corrected chi connectivity index (χ4v) is 2.06. The van der Waals surface area contributed by atoms with Crippen LogP contribution in [0.2, 0.25) is 5.02 Å². The van der Waals surface area contributed by atoms with Gasteiger partial charge in [-0.1, -0.05) is 18.2 Å². The molecule has 1 heterocycles. The number of hydrogen-bond acceptors (Lipinski definition) is 2. The Hall–Kier alpha value is -1.71. The van der Waals surface area contributed by atoms with Gasteiger partial charge < -0.3 is 14.5 Å². The first kappa shape index (κ1) is 13.7. The third-order valence-corrected chi connectivity index (χ3v) is 3.07. The Morgan fingerprint density at radius 2 is 2.21 bits per heavy atom. The summed E-state index contributed by atoms with van der Waals surface area (Å²) in [6.07, 6.45) is 1.87. The SMILES string of the molecule is C=CC[NH2+]Cc1ccc(-c2ccc(OC)c(Cl)c2)o1. The van der Waals surface area contributed by atoms with Crippen LogP contribution < -0.4 is 10.1 Å². The van der Waals surface area contributed by atoms with Crippen LogP contribution in [-0.2, 0) is 6.54 Å². The lowest BCUT2D eigenvalue weighted by Gasteiger charge is -2.04. The summed E-state index contributed by atoms with van der Waals surface area (Å²) >= 11 is 6.10. The predicted molar refractivity (Wildman–Crippen MR) is 76.4 cm³/mol. The van der Waals surface area contributed by atoms with Gasteiger partial charge in [-0.15, -0.1) is 0 Å². The van der Waals surface area contributed by atoms with Crippen molar-refractivity contribution in [1.82, 2.24) is 0 Å². The minimum atomic E-state index is 0.580. The Kier molecular flexibility index (Phi) is 4.66. The van der Waals surface area contributed by atoms with Crippen LogP contribution >= 0.6 is 11.6 Å². The summed E-state index contributed by atoms with van der Waals surface area (Å²) in [7, 11) is 1.60. The molecule has 4 heteroatoms. The standard InChI is InChI=1S/C15H16ClNO2/c1-3-8-17-10-12-5-7-14(19-12)11-4-6-15(18-2)13(16)9-11/h3-7,9,17H,1,8,10H2,2H3/p+1. The lowest BCUT2D eigenvalue weighted by molar-refractivity contribution is -0.663. The molecule has 19 heavy (non-hydrogen) atoms. The summed E-state index contributed by atoms with van der Waals surface area (Å²) in [6, 6.07) is 9.54. The minimum Gasteiger partial charge on any atom is -0.495 e. The Bertz CT molecular complexity index is 563. The van der Waals surface area contributed by atoms with E-state index in [-0.39, 0.29) is 0 Å². The second kappa shape index (κ2) is 6.45. The molecule has 0 amide bonds. The molecule has 0 atom stereocenters. The third kappa shape index (κ3) is 3.40. The maximum Gasteiger partial charge on any atom is 0.158 e. The van der Waals surface area contributed by atoms with Crippen molar-refractivity contribution in [2.24, 2.45) is 0 Å². The number of furan rings is 1. The first-order chi connectivity index (χ1) is 9.24. The average Bonchev–Trinajstić information content (AvgIpc) is 2.88. The molecule has 0 aliphatic rings. The van der Waals surface area contributed by atoms with Crippen LogP contribution in [0.1, 0.15) is 5.76 Å². The summed E-state index contributed by atoms with van der Waals surface area (Å²) < 4.78 is 10.9. The number of hydrogen-bond donors (Lipinski definition) is 1. The summed E-state index contributed by atoms with van der Waals surface area (Å²) in [5, 5.41) is 2.70. The summed E-state index contributed by atoms with van der Waals surface area (Å²) in [4.78, 5) is 0. The first-order valence-electron chi connectivity index (χ1n) is 6.09. The first-order valence-corrected chi connectivity index (χ1v) is 6.47. The number of rotatable bonds is 6. The summed E-state index contributed by atoms with van der Waals surface area (Å²) in [6.45, 7) is 5.36. The van der Waals surface area contributed by atoms with Gasteiger partial charge in [0.15, 0.2) is 5.76 Å². The van der Waals surface area contributed by atoms with Gasteiger partial charge in [-0.3, -0.25) is 0 Å². The molecule has 2 N–H and O–H groups in total. The highest BCUT2D eigenvalue weighted by atomic mass is 35.5. The fraction of sp³-hybridized carbons (Fsp3) is 0.200. The van der Waals surface area contributed by atoms with Crippen molar-refractivity contribution in [2.45, 2.75) is 6.54 Å². The van der Waals surface area contributed by atoms with Crippen LogP contribution in [0.4, 0.5) is 0 Å². The molecule has 0 aliphatic carbocycles. The quantitative estimate of drug-likeness (QED) is 0.652. The van der Waals surface area contributed by atoms with E-state index in [1.54, 1.807) is 7.11 Å². The number of benzene rings is 1. The second-order valence-electron chi connectivity index (χ2n) is 4.13. The van der Waals surface area contributed by atoms with Gasteiger partial charge in [-0.2, -0.15) is 0 Å². The van der Waals surface area contributed by atoms with Crippen molar-refractivity contribution >= 4 is 11.6 Å². The molecule has 0 fully saturated rings. The predicted octanol–water partition coefficient (Wildman–Crippen LogP) is 2.86. The summed E-state index contributed by atoms with van der Waals surface area (Å²) in [5.74, 6) is 2.41. The molecule has 0 saturated heterocycles. The Labute approximate surface area is 117 Å². The highest BCUT2D eigenvalue weighted by Crippen LogP contribution is 2.30. The van der Waals surface area contributed by atoms with E-state index < -0.39 is 0 Å². The van der Waals surface area contributed by atoms with Crippen molar-refractivity contribution in [1.29, 1.82) is 0 Å². The van der Waals surface area contributed by atoms with Crippen molar-refractivity contribution in [2.75, 3.05) is 13.7 Å². The van der Waals surface area contributed by atoms with Gasteiger partial charge in [0.2, 0.25) is 0 Å². The highest BCUT2D eigenvalue weighted by molar-refractivity contribution is 6.32. The molecule has 0 radical (unpaired) electrons. The topological polar surface area (TPSA) is 39.0 Å². The maximum absolute atomic E-state index is 6.10. The van der Waals surface area contributed by atoms with Gasteiger partial charge in [0.25, 0.3) is 0 Å². The van der Waals surface area contributed by atoms with Crippen LogP contribution in [0.3, 0.4) is 0 Å². The number of quaternary nitrogens is 1. The molecular weight excluding hydrogens is 262 g/mol. The van der Waals surface area contributed by atoms with Gasteiger partial charge in [0.1, 0.15) is 18.1 Å². The van der Waals surface area contributed by atoms with Crippen molar-refractivity contribution < 1.29 is 14.5 Å². The second-order valence-corrected chi connectivity index (χ2v) is 4.54. The Balaban J connectivity index is 2.13. The summed E-state index contributed by atoms with van der Waals surface area (Å²) in [5.41, 5.74) is 0.945. The lowest BCUT2D eigenvalue weighted by Crippen LogP contribution is -2.82. The number of ether oxygens (including phenoxy) is 1. The molecule has 0 aliphatic heterocycles. The van der Waals surface area contributed by atoms with E-state index in [0.717, 1.165) is 30.2 Å². The average molecular weight is 279 g/mol. The smallest absolute Gasteiger partial charge is 0.158 e. The van der Waals surface area contributed by atoms with E-state index >= 15 is 0 Å². The zero-order valence-electron chi connectivity index (χ0n) is 10.9. The van der Waals surface area contributed by atoms with Gasteiger partial charge in [0.05, 0.1) is 18.7 Å². The van der Waals surface area contributed by atoms with E-state index in [1.165, 1.54) is 0 Å². The van der Waals surface area contributed by atoms with Gasteiger partial charge in [-0.05, 0) is 36.4 Å². The molecule has 1 aromatic carbocycles. The van der Waals surface area contributed by atoms with Gasteiger partial charge in [-0.25, -0.2) is 0 Å². The van der Waals surface area contributed by atoms with Crippen LogP contribution in [0.15, 0.2) is 47.4 Å². The lowest BCUT2D eigenvalue weighted by atomic mass is 10.2. The van der Waals surface area contributed by atoms with E-state index in [1.807, 2.05) is 36.4 Å². The molecule has 0 saturated carbocycles. The van der Waals surface area contributed by atoms with Crippen LogP contribution in [0.25, 0.3) is 11.3 Å². The normalized spacial score (nSPS) is 10.4. The third-order valence-electron chi connectivity index (χ3n) is 2.78. The maximum atomic E-state index is 6.10. The molecule has 0 spiro atoms. The zero-order valence-corrected chi connectivity index (χ0v) is 11.6. The van der Waals surface area contributed by atoms with E-state index in [2.05, 4.69) is 11.9 Å². The van der Waals surface area contributed by atoms with Crippen LogP contribution in [-0.4, -0.2) is 13.7 Å². The zero-order chi connectivity index (χ0) is 13.7. The monoisotopic (exact) mass is 278 g/mol. The van der Waals surface area contributed by atoms with Crippen LogP contribution in [0, 0.1) is 0 Å². The number of methoxy groups -OCH3 is 1. The molecule has 2 aromatic rings. The van der Waals surface area contributed by atoms with Gasteiger partial charge >= 0.3 is 0 Å². The Morgan fingerprint density at radius 1 is 1.37 bits per heavy atom. The Morgan fingerprint density at radius 3 is 2.89 bits per heavy atom. The fourth-order valence-electron chi connectivity index (χ4n) is 1.81.